The summed E-state index contributed by atoms with van der Waals surface area (Å²) in [4.78, 5) is 11.9. The average Bonchev–Trinajstić information content (AvgIpc) is 2.37. The molecule has 0 bridgehead atoms. The predicted molar refractivity (Wildman–Crippen MR) is 88.7 cm³/mol. The van der Waals surface area contributed by atoms with Crippen molar-refractivity contribution in [2.45, 2.75) is 26.3 Å². The third-order valence-corrected chi connectivity index (χ3v) is 3.94. The van der Waals surface area contributed by atoms with Crippen LogP contribution >= 0.6 is 15.9 Å². The predicted octanol–water partition coefficient (Wildman–Crippen LogP) is 4.48. The van der Waals surface area contributed by atoms with Crippen molar-refractivity contribution in [3.05, 3.63) is 63.6 Å². The molecule has 4 heteroatoms. The van der Waals surface area contributed by atoms with Gasteiger partial charge in [-0.1, -0.05) is 51.3 Å². The molecule has 0 aromatic heterocycles. The Morgan fingerprint density at radius 2 is 1.76 bits per heavy atom. The summed E-state index contributed by atoms with van der Waals surface area (Å²) in [6.45, 7) is 5.63. The zero-order chi connectivity index (χ0) is 15.6. The third-order valence-electron chi connectivity index (χ3n) is 3.45. The summed E-state index contributed by atoms with van der Waals surface area (Å²) in [6, 6.07) is 13.3. The van der Waals surface area contributed by atoms with E-state index < -0.39 is 11.5 Å². The van der Waals surface area contributed by atoms with Crippen LogP contribution in [-0.4, -0.2) is 11.1 Å². The van der Waals surface area contributed by atoms with Crippen molar-refractivity contribution < 1.29 is 9.90 Å². The highest BCUT2D eigenvalue weighted by Gasteiger charge is 2.35. The Morgan fingerprint density at radius 3 is 2.29 bits per heavy atom. The maximum Gasteiger partial charge on any atom is 0.333 e. The monoisotopic (exact) mass is 347 g/mol. The van der Waals surface area contributed by atoms with E-state index in [0.29, 0.717) is 0 Å². The fraction of sp³-hybridized carbons (Fsp3) is 0.235. The second kappa shape index (κ2) is 5.90. The summed E-state index contributed by atoms with van der Waals surface area (Å²) >= 11 is 3.40. The zero-order valence-corrected chi connectivity index (χ0v) is 13.9. The maximum absolute atomic E-state index is 11.9. The smallest absolute Gasteiger partial charge is 0.333 e. The van der Waals surface area contributed by atoms with Gasteiger partial charge < -0.3 is 10.4 Å². The molecule has 0 radical (unpaired) electrons. The topological polar surface area (TPSA) is 49.3 Å². The first-order valence-corrected chi connectivity index (χ1v) is 7.46. The molecule has 0 amide bonds. The Balaban J connectivity index is 2.47. The van der Waals surface area contributed by atoms with E-state index in [2.05, 4.69) is 21.2 Å². The van der Waals surface area contributed by atoms with Crippen LogP contribution in [0.4, 0.5) is 5.69 Å². The molecular weight excluding hydrogens is 330 g/mol. The van der Waals surface area contributed by atoms with Gasteiger partial charge in [-0.05, 0) is 44.5 Å². The number of carbonyl (C=O) groups is 1. The molecule has 0 heterocycles. The van der Waals surface area contributed by atoms with Crippen LogP contribution in [-0.2, 0) is 10.3 Å². The first-order chi connectivity index (χ1) is 9.81. The summed E-state index contributed by atoms with van der Waals surface area (Å²) < 4.78 is 0.903. The lowest BCUT2D eigenvalue weighted by Gasteiger charge is -2.29. The van der Waals surface area contributed by atoms with Gasteiger partial charge in [0, 0.05) is 10.2 Å². The van der Waals surface area contributed by atoms with Crippen molar-refractivity contribution in [2.75, 3.05) is 5.32 Å². The Bertz CT molecular complexity index is 664. The van der Waals surface area contributed by atoms with Crippen LogP contribution < -0.4 is 5.32 Å². The number of benzene rings is 2. The molecule has 0 fully saturated rings. The van der Waals surface area contributed by atoms with Crippen molar-refractivity contribution in [3.8, 4) is 0 Å². The third kappa shape index (κ3) is 3.45. The molecule has 21 heavy (non-hydrogen) atoms. The van der Waals surface area contributed by atoms with Crippen molar-refractivity contribution in [1.82, 2.24) is 0 Å². The minimum atomic E-state index is -1.18. The van der Waals surface area contributed by atoms with Crippen molar-refractivity contribution in [1.29, 1.82) is 0 Å². The second-order valence-corrected chi connectivity index (χ2v) is 6.36. The van der Waals surface area contributed by atoms with E-state index in [0.717, 1.165) is 26.9 Å². The summed E-state index contributed by atoms with van der Waals surface area (Å²) in [7, 11) is 0. The summed E-state index contributed by atoms with van der Waals surface area (Å²) in [5.41, 5.74) is 2.42. The first-order valence-electron chi connectivity index (χ1n) is 6.67. The quantitative estimate of drug-likeness (QED) is 0.857. The van der Waals surface area contributed by atoms with Crippen LogP contribution in [0.25, 0.3) is 0 Å². The lowest BCUT2D eigenvalue weighted by atomic mass is 9.89. The van der Waals surface area contributed by atoms with E-state index in [1.165, 1.54) is 0 Å². The minimum Gasteiger partial charge on any atom is -0.479 e. The van der Waals surface area contributed by atoms with Crippen molar-refractivity contribution in [3.63, 3.8) is 0 Å². The molecule has 0 saturated carbocycles. The van der Waals surface area contributed by atoms with Crippen LogP contribution in [0.1, 0.15) is 23.6 Å². The van der Waals surface area contributed by atoms with Gasteiger partial charge in [-0.25, -0.2) is 4.79 Å². The van der Waals surface area contributed by atoms with Crippen molar-refractivity contribution in [2.24, 2.45) is 0 Å². The molecule has 1 unspecified atom stereocenters. The second-order valence-electron chi connectivity index (χ2n) is 5.44. The zero-order valence-electron chi connectivity index (χ0n) is 12.3. The number of anilines is 1. The molecule has 0 saturated heterocycles. The van der Waals surface area contributed by atoms with Gasteiger partial charge in [0.15, 0.2) is 5.54 Å². The van der Waals surface area contributed by atoms with Gasteiger partial charge in [0.1, 0.15) is 0 Å². The Morgan fingerprint density at radius 1 is 1.14 bits per heavy atom. The van der Waals surface area contributed by atoms with E-state index in [1.54, 1.807) is 6.92 Å². The number of rotatable bonds is 4. The number of aryl methyl sites for hydroxylation is 2. The lowest BCUT2D eigenvalue weighted by Crippen LogP contribution is -2.40. The number of hydrogen-bond acceptors (Lipinski definition) is 2. The fourth-order valence-corrected chi connectivity index (χ4v) is 2.77. The van der Waals surface area contributed by atoms with Crippen molar-refractivity contribution >= 4 is 27.6 Å². The molecule has 2 rings (SSSR count). The number of halogens is 1. The summed E-state index contributed by atoms with van der Waals surface area (Å²) in [6.07, 6.45) is 0. The highest BCUT2D eigenvalue weighted by Crippen LogP contribution is 2.29. The number of hydrogen-bond donors (Lipinski definition) is 2. The molecular formula is C17H18BrNO2. The molecule has 110 valence electrons. The minimum absolute atomic E-state index is 0.743. The Labute approximate surface area is 133 Å². The number of nitrogens with one attached hydrogen (secondary N) is 1. The first kappa shape index (κ1) is 15.6. The van der Waals surface area contributed by atoms with Crippen LogP contribution in [0, 0.1) is 13.8 Å². The SMILES string of the molecule is Cc1cc(C)cc(C(C)(Nc2cccc(Br)c2)C(=O)O)c1. The van der Waals surface area contributed by atoms with E-state index in [4.69, 9.17) is 0 Å². The van der Waals surface area contributed by atoms with E-state index in [9.17, 15) is 9.90 Å². The van der Waals surface area contributed by atoms with Gasteiger partial charge in [0.05, 0.1) is 0 Å². The molecule has 0 aliphatic heterocycles. The normalized spacial score (nSPS) is 13.5. The van der Waals surface area contributed by atoms with Gasteiger partial charge in [-0.15, -0.1) is 0 Å². The summed E-state index contributed by atoms with van der Waals surface area (Å²) in [5.74, 6) is -0.910. The highest BCUT2D eigenvalue weighted by molar-refractivity contribution is 9.10. The van der Waals surface area contributed by atoms with Gasteiger partial charge in [0.25, 0.3) is 0 Å². The fourth-order valence-electron chi connectivity index (χ4n) is 2.37. The van der Waals surface area contributed by atoms with Gasteiger partial charge >= 0.3 is 5.97 Å². The van der Waals surface area contributed by atoms with Gasteiger partial charge in [-0.2, -0.15) is 0 Å². The van der Waals surface area contributed by atoms with E-state index in [1.807, 2.05) is 56.3 Å². The van der Waals surface area contributed by atoms with Gasteiger partial charge in [0.2, 0.25) is 0 Å². The molecule has 3 nitrogen and oxygen atoms in total. The van der Waals surface area contributed by atoms with Crippen LogP contribution in [0.5, 0.6) is 0 Å². The largest absolute Gasteiger partial charge is 0.479 e. The number of carboxylic acids is 1. The Kier molecular flexibility index (Phi) is 4.37. The maximum atomic E-state index is 11.9. The molecule has 0 aliphatic carbocycles. The Hall–Kier alpha value is -1.81. The van der Waals surface area contributed by atoms with Crippen LogP contribution in [0.3, 0.4) is 0 Å². The number of aliphatic carboxylic acids is 1. The highest BCUT2D eigenvalue weighted by atomic mass is 79.9. The molecule has 2 aromatic carbocycles. The standard InChI is InChI=1S/C17H18BrNO2/c1-11-7-12(2)9-13(8-11)17(3,16(20)21)19-15-6-4-5-14(18)10-15/h4-10,19H,1-3H3,(H,20,21). The van der Waals surface area contributed by atoms with E-state index >= 15 is 0 Å². The molecule has 2 N–H and O–H groups in total. The molecule has 0 spiro atoms. The molecule has 1 atom stereocenters. The lowest BCUT2D eigenvalue weighted by molar-refractivity contribution is -0.142. The van der Waals surface area contributed by atoms with E-state index in [-0.39, 0.29) is 0 Å². The average molecular weight is 348 g/mol. The van der Waals surface area contributed by atoms with Crippen LogP contribution in [0.15, 0.2) is 46.9 Å². The molecule has 2 aromatic rings. The molecule has 0 aliphatic rings. The number of carboxylic acid groups (broad SMARTS) is 1. The summed E-state index contributed by atoms with van der Waals surface area (Å²) in [5, 5.41) is 12.9. The van der Waals surface area contributed by atoms with Gasteiger partial charge in [-0.3, -0.25) is 0 Å². The van der Waals surface area contributed by atoms with Crippen LogP contribution in [0.2, 0.25) is 0 Å².